The smallest absolute Gasteiger partial charge is 0.123 e. The number of hydrogen-bond donors (Lipinski definition) is 1. The van der Waals surface area contributed by atoms with Gasteiger partial charge in [0.1, 0.15) is 5.82 Å². The van der Waals surface area contributed by atoms with E-state index >= 15 is 0 Å². The lowest BCUT2D eigenvalue weighted by molar-refractivity contribution is 0.0392. The summed E-state index contributed by atoms with van der Waals surface area (Å²) in [6.45, 7) is 4.41. The molecule has 1 heterocycles. The number of halogens is 2. The standard InChI is InChI=1S/C14H19ClFNO/c1-2-17-14(10-4-3-7-18-9-10)12-8-11(16)5-6-13(12)15/h5-6,8,10,14,17H,2-4,7,9H2,1H3. The average Bonchev–Trinajstić information content (AvgIpc) is 2.40. The van der Waals surface area contributed by atoms with Gasteiger partial charge >= 0.3 is 0 Å². The minimum atomic E-state index is -0.242. The molecule has 1 aromatic rings. The molecule has 0 bridgehead atoms. The molecule has 2 rings (SSSR count). The molecular weight excluding hydrogens is 253 g/mol. The van der Waals surface area contributed by atoms with Gasteiger partial charge in [0.25, 0.3) is 0 Å². The largest absolute Gasteiger partial charge is 0.381 e. The predicted molar refractivity (Wildman–Crippen MR) is 71.4 cm³/mol. The highest BCUT2D eigenvalue weighted by atomic mass is 35.5. The van der Waals surface area contributed by atoms with Gasteiger partial charge in [-0.1, -0.05) is 18.5 Å². The van der Waals surface area contributed by atoms with Crippen molar-refractivity contribution in [2.45, 2.75) is 25.8 Å². The fourth-order valence-corrected chi connectivity index (χ4v) is 2.77. The summed E-state index contributed by atoms with van der Waals surface area (Å²) >= 11 is 6.20. The van der Waals surface area contributed by atoms with Crippen molar-refractivity contribution in [2.75, 3.05) is 19.8 Å². The molecule has 0 aromatic heterocycles. The van der Waals surface area contributed by atoms with E-state index in [0.717, 1.165) is 31.6 Å². The Morgan fingerprint density at radius 1 is 1.56 bits per heavy atom. The van der Waals surface area contributed by atoms with Crippen LogP contribution in [0.1, 0.15) is 31.4 Å². The second kappa shape index (κ2) is 6.50. The zero-order chi connectivity index (χ0) is 13.0. The molecule has 2 atom stereocenters. The van der Waals surface area contributed by atoms with Crippen LogP contribution in [-0.2, 0) is 4.74 Å². The first-order valence-corrected chi connectivity index (χ1v) is 6.86. The van der Waals surface area contributed by atoms with Crippen LogP contribution in [0.2, 0.25) is 5.02 Å². The molecule has 1 N–H and O–H groups in total. The highest BCUT2D eigenvalue weighted by Gasteiger charge is 2.26. The summed E-state index contributed by atoms with van der Waals surface area (Å²) in [5.41, 5.74) is 0.842. The highest BCUT2D eigenvalue weighted by molar-refractivity contribution is 6.31. The molecule has 0 aliphatic carbocycles. The van der Waals surface area contributed by atoms with E-state index in [1.807, 2.05) is 6.92 Å². The van der Waals surface area contributed by atoms with Gasteiger partial charge in [0, 0.05) is 23.6 Å². The van der Waals surface area contributed by atoms with Gasteiger partial charge in [-0.05, 0) is 43.1 Å². The number of rotatable bonds is 4. The third-order valence-electron chi connectivity index (χ3n) is 3.38. The van der Waals surface area contributed by atoms with E-state index in [2.05, 4.69) is 5.32 Å². The van der Waals surface area contributed by atoms with Crippen molar-refractivity contribution in [3.63, 3.8) is 0 Å². The van der Waals surface area contributed by atoms with Gasteiger partial charge in [0.2, 0.25) is 0 Å². The molecule has 0 saturated carbocycles. The average molecular weight is 272 g/mol. The molecule has 1 aliphatic heterocycles. The molecule has 4 heteroatoms. The Morgan fingerprint density at radius 2 is 2.39 bits per heavy atom. The van der Waals surface area contributed by atoms with Gasteiger partial charge in [-0.2, -0.15) is 0 Å². The van der Waals surface area contributed by atoms with E-state index < -0.39 is 0 Å². The van der Waals surface area contributed by atoms with E-state index in [1.54, 1.807) is 6.07 Å². The zero-order valence-electron chi connectivity index (χ0n) is 10.6. The summed E-state index contributed by atoms with van der Waals surface area (Å²) < 4.78 is 18.9. The molecule has 18 heavy (non-hydrogen) atoms. The Hall–Kier alpha value is -0.640. The van der Waals surface area contributed by atoms with Crippen LogP contribution < -0.4 is 5.32 Å². The van der Waals surface area contributed by atoms with Gasteiger partial charge in [-0.15, -0.1) is 0 Å². The summed E-state index contributed by atoms with van der Waals surface area (Å²) in [5.74, 6) is 0.118. The number of benzene rings is 1. The van der Waals surface area contributed by atoms with E-state index in [4.69, 9.17) is 16.3 Å². The minimum Gasteiger partial charge on any atom is -0.381 e. The van der Waals surface area contributed by atoms with E-state index in [0.29, 0.717) is 17.5 Å². The predicted octanol–water partition coefficient (Wildman–Crippen LogP) is 3.56. The number of nitrogens with one attached hydrogen (secondary N) is 1. The molecule has 0 spiro atoms. The van der Waals surface area contributed by atoms with Crippen LogP contribution in [-0.4, -0.2) is 19.8 Å². The molecule has 0 radical (unpaired) electrons. The van der Waals surface area contributed by atoms with Crippen LogP contribution in [0.4, 0.5) is 4.39 Å². The maximum absolute atomic E-state index is 13.4. The summed E-state index contributed by atoms with van der Waals surface area (Å²) in [6, 6.07) is 4.62. The third kappa shape index (κ3) is 3.22. The second-order valence-corrected chi connectivity index (χ2v) is 5.09. The van der Waals surface area contributed by atoms with Crippen LogP contribution in [0.5, 0.6) is 0 Å². The molecule has 0 amide bonds. The van der Waals surface area contributed by atoms with Crippen LogP contribution in [0, 0.1) is 11.7 Å². The number of ether oxygens (including phenoxy) is 1. The number of hydrogen-bond acceptors (Lipinski definition) is 2. The molecule has 1 aromatic carbocycles. The summed E-state index contributed by atoms with van der Waals surface area (Å²) in [7, 11) is 0. The molecule has 100 valence electrons. The minimum absolute atomic E-state index is 0.0681. The quantitative estimate of drug-likeness (QED) is 0.904. The lowest BCUT2D eigenvalue weighted by atomic mass is 9.88. The molecule has 1 aliphatic rings. The van der Waals surface area contributed by atoms with Crippen LogP contribution in [0.3, 0.4) is 0 Å². The van der Waals surface area contributed by atoms with Crippen molar-refractivity contribution in [2.24, 2.45) is 5.92 Å². The van der Waals surface area contributed by atoms with Crippen LogP contribution >= 0.6 is 11.6 Å². The van der Waals surface area contributed by atoms with Crippen molar-refractivity contribution in [1.82, 2.24) is 5.32 Å². The Labute approximate surface area is 112 Å². The van der Waals surface area contributed by atoms with Crippen molar-refractivity contribution >= 4 is 11.6 Å². The Bertz CT molecular complexity index is 393. The molecule has 2 nitrogen and oxygen atoms in total. The monoisotopic (exact) mass is 271 g/mol. The molecule has 2 unspecified atom stereocenters. The first-order valence-electron chi connectivity index (χ1n) is 6.48. The van der Waals surface area contributed by atoms with E-state index in [9.17, 15) is 4.39 Å². The van der Waals surface area contributed by atoms with Gasteiger partial charge in [0.05, 0.1) is 6.61 Å². The van der Waals surface area contributed by atoms with Crippen LogP contribution in [0.15, 0.2) is 18.2 Å². The maximum Gasteiger partial charge on any atom is 0.123 e. The zero-order valence-corrected chi connectivity index (χ0v) is 11.3. The SMILES string of the molecule is CCNC(c1cc(F)ccc1Cl)C1CCCOC1. The van der Waals surface area contributed by atoms with E-state index in [1.165, 1.54) is 12.1 Å². The summed E-state index contributed by atoms with van der Waals surface area (Å²) in [5, 5.41) is 4.02. The molecular formula is C14H19ClFNO. The summed E-state index contributed by atoms with van der Waals surface area (Å²) in [6.07, 6.45) is 2.14. The lowest BCUT2D eigenvalue weighted by Crippen LogP contribution is -2.33. The normalized spacial score (nSPS) is 21.8. The van der Waals surface area contributed by atoms with Crippen molar-refractivity contribution < 1.29 is 9.13 Å². The van der Waals surface area contributed by atoms with E-state index in [-0.39, 0.29) is 11.9 Å². The van der Waals surface area contributed by atoms with Crippen LogP contribution in [0.25, 0.3) is 0 Å². The van der Waals surface area contributed by atoms with Crippen molar-refractivity contribution in [3.8, 4) is 0 Å². The van der Waals surface area contributed by atoms with Gasteiger partial charge in [-0.3, -0.25) is 0 Å². The second-order valence-electron chi connectivity index (χ2n) is 4.68. The highest BCUT2D eigenvalue weighted by Crippen LogP contribution is 2.33. The van der Waals surface area contributed by atoms with Crippen molar-refractivity contribution in [1.29, 1.82) is 0 Å². The Balaban J connectivity index is 2.24. The Morgan fingerprint density at radius 3 is 3.06 bits per heavy atom. The summed E-state index contributed by atoms with van der Waals surface area (Å²) in [4.78, 5) is 0. The van der Waals surface area contributed by atoms with Crippen molar-refractivity contribution in [3.05, 3.63) is 34.6 Å². The lowest BCUT2D eigenvalue weighted by Gasteiger charge is -2.31. The van der Waals surface area contributed by atoms with Gasteiger partial charge < -0.3 is 10.1 Å². The maximum atomic E-state index is 13.4. The topological polar surface area (TPSA) is 21.3 Å². The first-order chi connectivity index (χ1) is 8.72. The van der Waals surface area contributed by atoms with Gasteiger partial charge in [0.15, 0.2) is 0 Å². The van der Waals surface area contributed by atoms with Gasteiger partial charge in [-0.25, -0.2) is 4.39 Å². The molecule has 1 saturated heterocycles. The fourth-order valence-electron chi connectivity index (χ4n) is 2.53. The molecule has 1 fully saturated rings. The fraction of sp³-hybridized carbons (Fsp3) is 0.571. The Kier molecular flexibility index (Phi) is 4.98. The first kappa shape index (κ1) is 13.8. The third-order valence-corrected chi connectivity index (χ3v) is 3.73.